The van der Waals surface area contributed by atoms with Gasteiger partial charge in [-0.05, 0) is 12.1 Å². The first-order chi connectivity index (χ1) is 7.20. The summed E-state index contributed by atoms with van der Waals surface area (Å²) in [6.07, 6.45) is 1.14. The Morgan fingerprint density at radius 2 is 2.40 bits per heavy atom. The van der Waals surface area contributed by atoms with Crippen molar-refractivity contribution < 1.29 is 9.84 Å². The maximum absolute atomic E-state index is 9.99. The van der Waals surface area contributed by atoms with Crippen molar-refractivity contribution in [3.63, 3.8) is 0 Å². The molecule has 1 unspecified atom stereocenters. The van der Waals surface area contributed by atoms with Crippen LogP contribution in [0.25, 0.3) is 0 Å². The maximum Gasteiger partial charge on any atom is 0.132 e. The zero-order valence-electron chi connectivity index (χ0n) is 8.54. The number of aliphatic hydroxyl groups excluding tert-OH is 1. The molecule has 1 atom stereocenters. The van der Waals surface area contributed by atoms with Crippen molar-refractivity contribution in [2.45, 2.75) is 6.10 Å². The number of ether oxygens (including phenoxy) is 1. The highest BCUT2D eigenvalue weighted by Gasteiger charge is 2.15. The van der Waals surface area contributed by atoms with E-state index in [1.54, 1.807) is 17.9 Å². The third-order valence-electron chi connectivity index (χ3n) is 2.12. The van der Waals surface area contributed by atoms with Gasteiger partial charge in [-0.2, -0.15) is 5.10 Å². The minimum atomic E-state index is -0.667. The number of aromatic nitrogens is 2. The van der Waals surface area contributed by atoms with Gasteiger partial charge in [-0.15, -0.1) is 11.3 Å². The average molecular weight is 224 g/mol. The van der Waals surface area contributed by atoms with Gasteiger partial charge in [0.05, 0.1) is 12.8 Å². The molecule has 0 aliphatic carbocycles. The van der Waals surface area contributed by atoms with Gasteiger partial charge in [0, 0.05) is 23.5 Å². The van der Waals surface area contributed by atoms with Crippen molar-refractivity contribution in [2.75, 3.05) is 7.11 Å². The van der Waals surface area contributed by atoms with E-state index in [1.807, 2.05) is 24.7 Å². The maximum atomic E-state index is 9.99. The van der Waals surface area contributed by atoms with Crippen LogP contribution in [0.3, 0.4) is 0 Å². The van der Waals surface area contributed by atoms with Crippen LogP contribution < -0.4 is 4.74 Å². The van der Waals surface area contributed by atoms with Crippen molar-refractivity contribution in [3.8, 4) is 5.75 Å². The first-order valence-electron chi connectivity index (χ1n) is 4.50. The molecule has 0 radical (unpaired) electrons. The minimum absolute atomic E-state index is 0.655. The van der Waals surface area contributed by atoms with Gasteiger partial charge in [0.2, 0.25) is 0 Å². The van der Waals surface area contributed by atoms with Crippen molar-refractivity contribution in [1.82, 2.24) is 9.78 Å². The number of thiophene rings is 1. The second-order valence-corrected chi connectivity index (χ2v) is 4.15. The predicted octanol–water partition coefficient (Wildman–Crippen LogP) is 1.57. The van der Waals surface area contributed by atoms with Gasteiger partial charge in [0.15, 0.2) is 0 Å². The number of methoxy groups -OCH3 is 1. The van der Waals surface area contributed by atoms with Crippen molar-refractivity contribution in [3.05, 3.63) is 34.3 Å². The number of hydrogen-bond acceptors (Lipinski definition) is 4. The van der Waals surface area contributed by atoms with Crippen LogP contribution in [0, 0.1) is 0 Å². The van der Waals surface area contributed by atoms with Crippen LogP contribution in [-0.4, -0.2) is 22.0 Å². The Hall–Kier alpha value is -1.33. The summed E-state index contributed by atoms with van der Waals surface area (Å²) in [5.41, 5.74) is 0.655. The average Bonchev–Trinajstić information content (AvgIpc) is 2.84. The Labute approximate surface area is 91.7 Å². The third kappa shape index (κ3) is 2.03. The fourth-order valence-electron chi connectivity index (χ4n) is 1.31. The second kappa shape index (κ2) is 4.04. The predicted molar refractivity (Wildman–Crippen MR) is 58.1 cm³/mol. The molecule has 80 valence electrons. The van der Waals surface area contributed by atoms with Gasteiger partial charge in [0.1, 0.15) is 11.9 Å². The van der Waals surface area contributed by atoms with E-state index in [0.29, 0.717) is 5.69 Å². The molecule has 0 spiro atoms. The van der Waals surface area contributed by atoms with E-state index in [-0.39, 0.29) is 0 Å². The Morgan fingerprint density at radius 1 is 1.60 bits per heavy atom. The van der Waals surface area contributed by atoms with Gasteiger partial charge in [0.25, 0.3) is 0 Å². The highest BCUT2D eigenvalue weighted by Crippen LogP contribution is 2.29. The van der Waals surface area contributed by atoms with Crippen molar-refractivity contribution >= 4 is 11.3 Å². The smallest absolute Gasteiger partial charge is 0.132 e. The standard InChI is InChI=1S/C10H12N2O2S/c1-12-4-3-8(11-12)10(13)9-5-7(14-2)6-15-9/h3-6,10,13H,1-2H3. The summed E-state index contributed by atoms with van der Waals surface area (Å²) >= 11 is 1.46. The summed E-state index contributed by atoms with van der Waals surface area (Å²) in [6.45, 7) is 0. The molecule has 0 bridgehead atoms. The van der Waals surface area contributed by atoms with Crippen molar-refractivity contribution in [1.29, 1.82) is 0 Å². The zero-order chi connectivity index (χ0) is 10.8. The number of aliphatic hydroxyl groups is 1. The summed E-state index contributed by atoms with van der Waals surface area (Å²) in [7, 11) is 3.43. The molecule has 0 aromatic carbocycles. The molecule has 0 amide bonds. The third-order valence-corrected chi connectivity index (χ3v) is 3.08. The number of nitrogens with zero attached hydrogens (tertiary/aromatic N) is 2. The number of hydrogen-bond donors (Lipinski definition) is 1. The molecule has 0 saturated carbocycles. The fraction of sp³-hybridized carbons (Fsp3) is 0.300. The lowest BCUT2D eigenvalue weighted by atomic mass is 10.2. The van der Waals surface area contributed by atoms with Crippen LogP contribution in [0.5, 0.6) is 5.75 Å². The van der Waals surface area contributed by atoms with E-state index < -0.39 is 6.10 Å². The van der Waals surface area contributed by atoms with Crippen LogP contribution in [0.4, 0.5) is 0 Å². The molecule has 0 aliphatic heterocycles. The molecular formula is C10H12N2O2S. The summed E-state index contributed by atoms with van der Waals surface area (Å²) in [6, 6.07) is 3.63. The lowest BCUT2D eigenvalue weighted by Crippen LogP contribution is -1.99. The summed E-state index contributed by atoms with van der Waals surface area (Å²) < 4.78 is 6.73. The lowest BCUT2D eigenvalue weighted by molar-refractivity contribution is 0.218. The largest absolute Gasteiger partial charge is 0.496 e. The van der Waals surface area contributed by atoms with Gasteiger partial charge in [-0.25, -0.2) is 0 Å². The van der Waals surface area contributed by atoms with E-state index in [9.17, 15) is 5.11 Å². The van der Waals surface area contributed by atoms with Crippen LogP contribution in [0.2, 0.25) is 0 Å². The lowest BCUT2D eigenvalue weighted by Gasteiger charge is -2.03. The first-order valence-corrected chi connectivity index (χ1v) is 5.38. The van der Waals surface area contributed by atoms with E-state index in [2.05, 4.69) is 5.10 Å². The molecule has 2 aromatic rings. The zero-order valence-corrected chi connectivity index (χ0v) is 9.36. The molecular weight excluding hydrogens is 212 g/mol. The van der Waals surface area contributed by atoms with Crippen LogP contribution in [0.15, 0.2) is 23.7 Å². The fourth-order valence-corrected chi connectivity index (χ4v) is 2.16. The monoisotopic (exact) mass is 224 g/mol. The molecule has 4 nitrogen and oxygen atoms in total. The molecule has 0 aliphatic rings. The molecule has 15 heavy (non-hydrogen) atoms. The molecule has 0 saturated heterocycles. The van der Waals surface area contributed by atoms with E-state index >= 15 is 0 Å². The quantitative estimate of drug-likeness (QED) is 0.861. The Kier molecular flexibility index (Phi) is 2.75. The molecule has 2 heterocycles. The highest BCUT2D eigenvalue weighted by molar-refractivity contribution is 7.10. The molecule has 2 rings (SSSR count). The Morgan fingerprint density at radius 3 is 2.93 bits per heavy atom. The Balaban J connectivity index is 2.23. The normalized spacial score (nSPS) is 12.7. The minimum Gasteiger partial charge on any atom is -0.496 e. The summed E-state index contributed by atoms with van der Waals surface area (Å²) in [5, 5.41) is 16.0. The van der Waals surface area contributed by atoms with E-state index in [1.165, 1.54) is 11.3 Å². The van der Waals surface area contributed by atoms with E-state index in [0.717, 1.165) is 10.6 Å². The Bertz CT molecular complexity index is 450. The molecule has 0 fully saturated rings. The van der Waals surface area contributed by atoms with Gasteiger partial charge in [-0.1, -0.05) is 0 Å². The van der Waals surface area contributed by atoms with Gasteiger partial charge >= 0.3 is 0 Å². The second-order valence-electron chi connectivity index (χ2n) is 3.21. The summed E-state index contributed by atoms with van der Waals surface area (Å²) in [4.78, 5) is 0.838. The molecule has 1 N–H and O–H groups in total. The first kappa shape index (κ1) is 10.2. The van der Waals surface area contributed by atoms with Gasteiger partial charge in [-0.3, -0.25) is 4.68 Å². The number of aryl methyl sites for hydroxylation is 1. The SMILES string of the molecule is COc1csc(C(O)c2ccn(C)n2)c1. The highest BCUT2D eigenvalue weighted by atomic mass is 32.1. The van der Waals surface area contributed by atoms with Crippen LogP contribution in [0.1, 0.15) is 16.7 Å². The van der Waals surface area contributed by atoms with Crippen LogP contribution in [-0.2, 0) is 7.05 Å². The molecule has 2 aromatic heterocycles. The topological polar surface area (TPSA) is 47.3 Å². The van der Waals surface area contributed by atoms with Crippen LogP contribution >= 0.6 is 11.3 Å². The summed E-state index contributed by atoms with van der Waals surface area (Å²) in [5.74, 6) is 0.769. The molecule has 5 heteroatoms. The number of rotatable bonds is 3. The van der Waals surface area contributed by atoms with Crippen molar-refractivity contribution in [2.24, 2.45) is 7.05 Å². The van der Waals surface area contributed by atoms with E-state index in [4.69, 9.17) is 4.74 Å². The van der Waals surface area contributed by atoms with Gasteiger partial charge < -0.3 is 9.84 Å².